The van der Waals surface area contributed by atoms with E-state index in [1.165, 1.54) is 0 Å². The molecular weight excluding hydrogens is 254 g/mol. The molecule has 0 spiro atoms. The van der Waals surface area contributed by atoms with Crippen LogP contribution in [0.5, 0.6) is 5.75 Å². The summed E-state index contributed by atoms with van der Waals surface area (Å²) in [4.78, 5) is 13.6. The molecule has 20 heavy (non-hydrogen) atoms. The highest BCUT2D eigenvalue weighted by Crippen LogP contribution is 2.09. The molecule has 2 aromatic rings. The molecule has 4 nitrogen and oxygen atoms in total. The van der Waals surface area contributed by atoms with E-state index in [0.717, 1.165) is 17.9 Å². The highest BCUT2D eigenvalue weighted by atomic mass is 16.5. The SMILES string of the molecule is CN(CCc1ccco1)C(=O)CCOc1ccccc1. The van der Waals surface area contributed by atoms with Crippen molar-refractivity contribution in [3.8, 4) is 5.75 Å². The Balaban J connectivity index is 1.66. The average Bonchev–Trinajstić information content (AvgIpc) is 2.99. The zero-order chi connectivity index (χ0) is 14.2. The van der Waals surface area contributed by atoms with Crippen LogP contribution in [-0.4, -0.2) is 31.0 Å². The minimum atomic E-state index is 0.0764. The smallest absolute Gasteiger partial charge is 0.225 e. The maximum atomic E-state index is 11.9. The van der Waals surface area contributed by atoms with Crippen molar-refractivity contribution in [2.75, 3.05) is 20.2 Å². The van der Waals surface area contributed by atoms with Gasteiger partial charge in [0.05, 0.1) is 19.3 Å². The lowest BCUT2D eigenvalue weighted by molar-refractivity contribution is -0.130. The van der Waals surface area contributed by atoms with Crippen molar-refractivity contribution < 1.29 is 13.9 Å². The van der Waals surface area contributed by atoms with Crippen LogP contribution < -0.4 is 4.74 Å². The van der Waals surface area contributed by atoms with Crippen LogP contribution in [0.3, 0.4) is 0 Å². The number of benzene rings is 1. The number of ether oxygens (including phenoxy) is 1. The molecule has 2 rings (SSSR count). The number of hydrogen-bond acceptors (Lipinski definition) is 3. The molecule has 106 valence electrons. The topological polar surface area (TPSA) is 42.7 Å². The first-order valence-electron chi connectivity index (χ1n) is 6.70. The molecule has 1 heterocycles. The molecule has 0 saturated heterocycles. The van der Waals surface area contributed by atoms with Crippen LogP contribution in [-0.2, 0) is 11.2 Å². The molecule has 0 unspecified atom stereocenters. The lowest BCUT2D eigenvalue weighted by Gasteiger charge is -2.16. The average molecular weight is 273 g/mol. The van der Waals surface area contributed by atoms with Crippen molar-refractivity contribution in [2.24, 2.45) is 0 Å². The summed E-state index contributed by atoms with van der Waals surface area (Å²) in [6, 6.07) is 13.3. The van der Waals surface area contributed by atoms with E-state index in [1.807, 2.05) is 42.5 Å². The van der Waals surface area contributed by atoms with Gasteiger partial charge in [0.15, 0.2) is 0 Å². The molecule has 1 aromatic heterocycles. The Morgan fingerprint density at radius 1 is 1.20 bits per heavy atom. The standard InChI is InChI=1S/C16H19NO3/c1-17(11-9-15-8-5-12-19-15)16(18)10-13-20-14-6-3-2-4-7-14/h2-8,12H,9-11,13H2,1H3. The highest BCUT2D eigenvalue weighted by molar-refractivity contribution is 5.75. The van der Waals surface area contributed by atoms with Crippen molar-refractivity contribution in [3.05, 3.63) is 54.5 Å². The summed E-state index contributed by atoms with van der Waals surface area (Å²) in [6.45, 7) is 1.05. The maximum absolute atomic E-state index is 11.9. The molecule has 0 bridgehead atoms. The van der Waals surface area contributed by atoms with Crippen molar-refractivity contribution in [3.63, 3.8) is 0 Å². The Labute approximate surface area is 119 Å². The zero-order valence-electron chi connectivity index (χ0n) is 11.6. The van der Waals surface area contributed by atoms with Crippen molar-refractivity contribution in [1.29, 1.82) is 0 Å². The van der Waals surface area contributed by atoms with E-state index in [9.17, 15) is 4.79 Å². The molecule has 0 aliphatic carbocycles. The molecule has 1 amide bonds. The van der Waals surface area contributed by atoms with Gasteiger partial charge in [0.1, 0.15) is 11.5 Å². The lowest BCUT2D eigenvalue weighted by atomic mass is 10.3. The van der Waals surface area contributed by atoms with Crippen LogP contribution in [0.25, 0.3) is 0 Å². The molecule has 0 fully saturated rings. The molecule has 0 radical (unpaired) electrons. The molecular formula is C16H19NO3. The molecule has 0 saturated carbocycles. The summed E-state index contributed by atoms with van der Waals surface area (Å²) in [5, 5.41) is 0. The number of rotatable bonds is 7. The van der Waals surface area contributed by atoms with Crippen LogP contribution in [0.2, 0.25) is 0 Å². The number of hydrogen-bond donors (Lipinski definition) is 0. The van der Waals surface area contributed by atoms with Gasteiger partial charge in [0, 0.05) is 20.0 Å². The second-order valence-corrected chi connectivity index (χ2v) is 4.56. The summed E-state index contributed by atoms with van der Waals surface area (Å²) in [5.74, 6) is 1.76. The predicted octanol–water partition coefficient (Wildman–Crippen LogP) is 2.75. The third-order valence-electron chi connectivity index (χ3n) is 3.03. The van der Waals surface area contributed by atoms with Gasteiger partial charge in [0.25, 0.3) is 0 Å². The van der Waals surface area contributed by atoms with Gasteiger partial charge >= 0.3 is 0 Å². The summed E-state index contributed by atoms with van der Waals surface area (Å²) >= 11 is 0. The number of carbonyl (C=O) groups excluding carboxylic acids is 1. The van der Waals surface area contributed by atoms with Crippen molar-refractivity contribution in [2.45, 2.75) is 12.8 Å². The first-order chi connectivity index (χ1) is 9.75. The Morgan fingerprint density at radius 3 is 2.70 bits per heavy atom. The third kappa shape index (κ3) is 4.46. The van der Waals surface area contributed by atoms with Crippen LogP contribution >= 0.6 is 0 Å². The molecule has 4 heteroatoms. The summed E-state index contributed by atoms with van der Waals surface area (Å²) in [5.41, 5.74) is 0. The Morgan fingerprint density at radius 2 is 2.00 bits per heavy atom. The van der Waals surface area contributed by atoms with E-state index in [-0.39, 0.29) is 5.91 Å². The van der Waals surface area contributed by atoms with Gasteiger partial charge in [-0.2, -0.15) is 0 Å². The van der Waals surface area contributed by atoms with Crippen LogP contribution in [0.4, 0.5) is 0 Å². The normalized spacial score (nSPS) is 10.2. The van der Waals surface area contributed by atoms with E-state index >= 15 is 0 Å². The molecule has 0 aliphatic rings. The summed E-state index contributed by atoms with van der Waals surface area (Å²) in [7, 11) is 1.80. The van der Waals surface area contributed by atoms with Gasteiger partial charge in [-0.05, 0) is 24.3 Å². The number of para-hydroxylation sites is 1. The van der Waals surface area contributed by atoms with Crippen LogP contribution in [0.1, 0.15) is 12.2 Å². The van der Waals surface area contributed by atoms with Gasteiger partial charge < -0.3 is 14.1 Å². The fraction of sp³-hybridized carbons (Fsp3) is 0.312. The predicted molar refractivity (Wildman–Crippen MR) is 76.6 cm³/mol. The van der Waals surface area contributed by atoms with Crippen molar-refractivity contribution >= 4 is 5.91 Å². The van der Waals surface area contributed by atoms with Crippen molar-refractivity contribution in [1.82, 2.24) is 4.90 Å². The van der Waals surface area contributed by atoms with E-state index in [1.54, 1.807) is 18.2 Å². The number of amides is 1. The number of furan rings is 1. The van der Waals surface area contributed by atoms with Gasteiger partial charge in [-0.25, -0.2) is 0 Å². The van der Waals surface area contributed by atoms with E-state index in [2.05, 4.69) is 0 Å². The Bertz CT molecular complexity index is 508. The number of likely N-dealkylation sites (N-methyl/N-ethyl adjacent to an activating group) is 1. The van der Waals surface area contributed by atoms with Gasteiger partial charge in [-0.1, -0.05) is 18.2 Å². The molecule has 1 aromatic carbocycles. The quantitative estimate of drug-likeness (QED) is 0.779. The fourth-order valence-corrected chi connectivity index (χ4v) is 1.82. The molecule has 0 aliphatic heterocycles. The van der Waals surface area contributed by atoms with E-state index < -0.39 is 0 Å². The molecule has 0 N–H and O–H groups in total. The molecule has 0 atom stereocenters. The Hall–Kier alpha value is -2.23. The summed E-state index contributed by atoms with van der Waals surface area (Å²) < 4.78 is 10.8. The fourth-order valence-electron chi connectivity index (χ4n) is 1.82. The first-order valence-corrected chi connectivity index (χ1v) is 6.70. The van der Waals surface area contributed by atoms with Gasteiger partial charge in [-0.15, -0.1) is 0 Å². The van der Waals surface area contributed by atoms with Crippen LogP contribution in [0, 0.1) is 0 Å². The second-order valence-electron chi connectivity index (χ2n) is 4.56. The third-order valence-corrected chi connectivity index (χ3v) is 3.03. The zero-order valence-corrected chi connectivity index (χ0v) is 11.6. The van der Waals surface area contributed by atoms with E-state index in [4.69, 9.17) is 9.15 Å². The van der Waals surface area contributed by atoms with Crippen LogP contribution in [0.15, 0.2) is 53.1 Å². The maximum Gasteiger partial charge on any atom is 0.225 e. The minimum Gasteiger partial charge on any atom is -0.493 e. The number of carbonyl (C=O) groups is 1. The monoisotopic (exact) mass is 273 g/mol. The highest BCUT2D eigenvalue weighted by Gasteiger charge is 2.09. The minimum absolute atomic E-state index is 0.0764. The largest absolute Gasteiger partial charge is 0.493 e. The first kappa shape index (κ1) is 14.2. The lowest BCUT2D eigenvalue weighted by Crippen LogP contribution is -2.29. The van der Waals surface area contributed by atoms with Gasteiger partial charge in [-0.3, -0.25) is 4.79 Å². The van der Waals surface area contributed by atoms with E-state index in [0.29, 0.717) is 19.6 Å². The second kappa shape index (κ2) is 7.38. The summed E-state index contributed by atoms with van der Waals surface area (Å²) in [6.07, 6.45) is 2.75. The van der Waals surface area contributed by atoms with Gasteiger partial charge in [0.2, 0.25) is 5.91 Å². The number of nitrogens with zero attached hydrogens (tertiary/aromatic N) is 1. The Kier molecular flexibility index (Phi) is 5.24.